The second-order valence-corrected chi connectivity index (χ2v) is 6.58. The lowest BCUT2D eigenvalue weighted by Crippen LogP contribution is -2.14. The number of ketones is 1. The Labute approximate surface area is 164 Å². The summed E-state index contributed by atoms with van der Waals surface area (Å²) in [6, 6.07) is 18.2. The van der Waals surface area contributed by atoms with Crippen molar-refractivity contribution >= 4 is 34.4 Å². The lowest BCUT2D eigenvalue weighted by atomic mass is 10.1. The average molecular weight is 374 g/mol. The van der Waals surface area contributed by atoms with Gasteiger partial charge in [0.1, 0.15) is 5.69 Å². The van der Waals surface area contributed by atoms with Crippen molar-refractivity contribution in [2.24, 2.45) is 0 Å². The molecule has 142 valence electrons. The monoisotopic (exact) mass is 374 g/mol. The van der Waals surface area contributed by atoms with Crippen LogP contribution < -0.4 is 15.5 Å². The van der Waals surface area contributed by atoms with Gasteiger partial charge in [-0.15, -0.1) is 0 Å². The number of pyridine rings is 1. The number of amides is 1. The molecule has 0 aliphatic rings. The van der Waals surface area contributed by atoms with Gasteiger partial charge < -0.3 is 15.5 Å². The van der Waals surface area contributed by atoms with Gasteiger partial charge in [0.2, 0.25) is 0 Å². The number of anilines is 4. The Morgan fingerprint density at radius 1 is 0.857 bits per heavy atom. The SMILES string of the molecule is CC(=O)c1ccc(NC(=O)c2cc(Nc3ccc(N(C)C)cc3)ccn2)cc1. The van der Waals surface area contributed by atoms with E-state index in [1.54, 1.807) is 42.6 Å². The summed E-state index contributed by atoms with van der Waals surface area (Å²) in [4.78, 5) is 30.0. The third-order valence-electron chi connectivity index (χ3n) is 4.21. The molecule has 1 aromatic heterocycles. The van der Waals surface area contributed by atoms with Crippen LogP contribution in [0.3, 0.4) is 0 Å². The Bertz CT molecular complexity index is 980. The Balaban J connectivity index is 1.69. The molecule has 28 heavy (non-hydrogen) atoms. The van der Waals surface area contributed by atoms with Crippen molar-refractivity contribution < 1.29 is 9.59 Å². The van der Waals surface area contributed by atoms with E-state index in [0.717, 1.165) is 17.1 Å². The minimum Gasteiger partial charge on any atom is -0.378 e. The number of aromatic nitrogens is 1. The van der Waals surface area contributed by atoms with Crippen LogP contribution in [0, 0.1) is 0 Å². The summed E-state index contributed by atoms with van der Waals surface area (Å²) in [5.41, 5.74) is 4.30. The van der Waals surface area contributed by atoms with E-state index >= 15 is 0 Å². The molecule has 1 amide bonds. The number of nitrogens with one attached hydrogen (secondary N) is 2. The molecule has 2 N–H and O–H groups in total. The second kappa shape index (κ2) is 8.35. The lowest BCUT2D eigenvalue weighted by Gasteiger charge is -2.13. The van der Waals surface area contributed by atoms with E-state index in [1.807, 2.05) is 43.3 Å². The van der Waals surface area contributed by atoms with Gasteiger partial charge in [-0.25, -0.2) is 0 Å². The van der Waals surface area contributed by atoms with Gasteiger partial charge in [0.25, 0.3) is 5.91 Å². The molecule has 3 rings (SSSR count). The summed E-state index contributed by atoms with van der Waals surface area (Å²) in [5.74, 6) is -0.334. The zero-order valence-corrected chi connectivity index (χ0v) is 16.1. The first-order valence-electron chi connectivity index (χ1n) is 8.85. The van der Waals surface area contributed by atoms with Crippen LogP contribution in [0.1, 0.15) is 27.8 Å². The molecule has 0 atom stereocenters. The predicted octanol–water partition coefficient (Wildman–Crippen LogP) is 4.35. The highest BCUT2D eigenvalue weighted by Gasteiger charge is 2.09. The summed E-state index contributed by atoms with van der Waals surface area (Å²) in [6.45, 7) is 1.50. The summed E-state index contributed by atoms with van der Waals surface area (Å²) >= 11 is 0. The van der Waals surface area contributed by atoms with Gasteiger partial charge >= 0.3 is 0 Å². The summed E-state index contributed by atoms with van der Waals surface area (Å²) in [5, 5.41) is 6.06. The normalized spacial score (nSPS) is 10.2. The molecule has 1 heterocycles. The van der Waals surface area contributed by atoms with Crippen molar-refractivity contribution in [2.45, 2.75) is 6.92 Å². The molecule has 0 fully saturated rings. The van der Waals surface area contributed by atoms with Crippen LogP contribution in [0.5, 0.6) is 0 Å². The first kappa shape index (κ1) is 19.1. The Hall–Kier alpha value is -3.67. The molecule has 0 unspecified atom stereocenters. The number of carbonyl (C=O) groups is 2. The molecule has 3 aromatic rings. The summed E-state index contributed by atoms with van der Waals surface area (Å²) in [6.07, 6.45) is 1.59. The number of hydrogen-bond donors (Lipinski definition) is 2. The maximum Gasteiger partial charge on any atom is 0.274 e. The van der Waals surface area contributed by atoms with Crippen LogP contribution in [0.4, 0.5) is 22.7 Å². The highest BCUT2D eigenvalue weighted by atomic mass is 16.2. The van der Waals surface area contributed by atoms with E-state index in [4.69, 9.17) is 0 Å². The first-order chi connectivity index (χ1) is 13.4. The van der Waals surface area contributed by atoms with Crippen molar-refractivity contribution in [3.05, 3.63) is 78.1 Å². The molecule has 2 aromatic carbocycles. The number of hydrogen-bond acceptors (Lipinski definition) is 5. The van der Waals surface area contributed by atoms with Gasteiger partial charge in [0.05, 0.1) is 0 Å². The molecule has 0 saturated carbocycles. The van der Waals surface area contributed by atoms with Gasteiger partial charge in [-0.3, -0.25) is 14.6 Å². The zero-order valence-electron chi connectivity index (χ0n) is 16.1. The van der Waals surface area contributed by atoms with E-state index in [0.29, 0.717) is 16.9 Å². The van der Waals surface area contributed by atoms with Gasteiger partial charge in [0, 0.05) is 48.6 Å². The number of benzene rings is 2. The van der Waals surface area contributed by atoms with Crippen LogP contribution in [-0.4, -0.2) is 30.8 Å². The number of Topliss-reactive ketones (excluding diaryl/α,β-unsaturated/α-hetero) is 1. The predicted molar refractivity (Wildman–Crippen MR) is 113 cm³/mol. The van der Waals surface area contributed by atoms with Crippen molar-refractivity contribution in [1.82, 2.24) is 4.98 Å². The van der Waals surface area contributed by atoms with Crippen LogP contribution in [0.15, 0.2) is 66.9 Å². The quantitative estimate of drug-likeness (QED) is 0.628. The number of carbonyl (C=O) groups excluding carboxylic acids is 2. The first-order valence-corrected chi connectivity index (χ1v) is 8.85. The maximum absolute atomic E-state index is 12.5. The van der Waals surface area contributed by atoms with E-state index < -0.39 is 0 Å². The standard InChI is InChI=1S/C22H22N4O2/c1-15(27)16-4-6-18(7-5-16)25-22(28)21-14-19(12-13-23-21)24-17-8-10-20(11-9-17)26(2)3/h4-14H,1-3H3,(H,23,24)(H,25,28). The molecule has 0 aliphatic carbocycles. The third-order valence-corrected chi connectivity index (χ3v) is 4.21. The molecule has 0 spiro atoms. The smallest absolute Gasteiger partial charge is 0.274 e. The molecule has 6 heteroatoms. The van der Waals surface area contributed by atoms with Gasteiger partial charge in [-0.2, -0.15) is 0 Å². The van der Waals surface area contributed by atoms with Gasteiger partial charge in [0.15, 0.2) is 5.78 Å². The van der Waals surface area contributed by atoms with E-state index in [1.165, 1.54) is 6.92 Å². The summed E-state index contributed by atoms with van der Waals surface area (Å²) < 4.78 is 0. The number of rotatable bonds is 6. The number of nitrogens with zero attached hydrogens (tertiary/aromatic N) is 2. The molecule has 6 nitrogen and oxygen atoms in total. The zero-order chi connectivity index (χ0) is 20.1. The van der Waals surface area contributed by atoms with Gasteiger partial charge in [-0.1, -0.05) is 0 Å². The lowest BCUT2D eigenvalue weighted by molar-refractivity contribution is 0.101. The second-order valence-electron chi connectivity index (χ2n) is 6.58. The van der Waals surface area contributed by atoms with Crippen LogP contribution in [-0.2, 0) is 0 Å². The minimum absolute atomic E-state index is 0.0167. The molecule has 0 aliphatic heterocycles. The van der Waals surface area contributed by atoms with Crippen LogP contribution in [0.25, 0.3) is 0 Å². The Kier molecular flexibility index (Phi) is 5.69. The van der Waals surface area contributed by atoms with Crippen molar-refractivity contribution in [2.75, 3.05) is 29.6 Å². The third kappa shape index (κ3) is 4.73. The fourth-order valence-electron chi connectivity index (χ4n) is 2.63. The van der Waals surface area contributed by atoms with Gasteiger partial charge in [-0.05, 0) is 67.6 Å². The minimum atomic E-state index is -0.317. The Morgan fingerprint density at radius 3 is 2.11 bits per heavy atom. The molecular weight excluding hydrogens is 352 g/mol. The molecule has 0 radical (unpaired) electrons. The highest BCUT2D eigenvalue weighted by molar-refractivity contribution is 6.03. The topological polar surface area (TPSA) is 74.3 Å². The van der Waals surface area contributed by atoms with Crippen LogP contribution in [0.2, 0.25) is 0 Å². The fourth-order valence-corrected chi connectivity index (χ4v) is 2.63. The van der Waals surface area contributed by atoms with Crippen molar-refractivity contribution in [1.29, 1.82) is 0 Å². The van der Waals surface area contributed by atoms with Crippen molar-refractivity contribution in [3.63, 3.8) is 0 Å². The molecule has 0 saturated heterocycles. The molecular formula is C22H22N4O2. The van der Waals surface area contributed by atoms with Crippen molar-refractivity contribution in [3.8, 4) is 0 Å². The fraction of sp³-hybridized carbons (Fsp3) is 0.136. The van der Waals surface area contributed by atoms with Crippen LogP contribution >= 0.6 is 0 Å². The molecule has 0 bridgehead atoms. The average Bonchev–Trinajstić information content (AvgIpc) is 2.69. The maximum atomic E-state index is 12.5. The Morgan fingerprint density at radius 2 is 1.50 bits per heavy atom. The van der Waals surface area contributed by atoms with E-state index in [9.17, 15) is 9.59 Å². The highest BCUT2D eigenvalue weighted by Crippen LogP contribution is 2.20. The van der Waals surface area contributed by atoms with E-state index in [-0.39, 0.29) is 11.7 Å². The summed E-state index contributed by atoms with van der Waals surface area (Å²) in [7, 11) is 3.98. The van der Waals surface area contributed by atoms with E-state index in [2.05, 4.69) is 15.6 Å². The largest absolute Gasteiger partial charge is 0.378 e.